The first kappa shape index (κ1) is 14.0. The molecule has 1 aliphatic rings. The summed E-state index contributed by atoms with van der Waals surface area (Å²) in [7, 11) is 0. The highest BCUT2D eigenvalue weighted by atomic mass is 16.6. The molecule has 98 valence electrons. The zero-order chi connectivity index (χ0) is 13.0. The molecule has 0 aromatic carbocycles. The molecule has 4 heteroatoms. The van der Waals surface area contributed by atoms with Gasteiger partial charge in [0, 0.05) is 6.42 Å². The summed E-state index contributed by atoms with van der Waals surface area (Å²) in [6, 6.07) is -0.0937. The van der Waals surface area contributed by atoms with Crippen molar-refractivity contribution in [1.82, 2.24) is 4.90 Å². The van der Waals surface area contributed by atoms with Crippen LogP contribution in [0.1, 0.15) is 47.0 Å². The third-order valence-electron chi connectivity index (χ3n) is 3.25. The molecule has 2 amide bonds. The summed E-state index contributed by atoms with van der Waals surface area (Å²) >= 11 is 0. The molecular formula is C13H23NO3. The molecule has 0 spiro atoms. The van der Waals surface area contributed by atoms with Crippen molar-refractivity contribution in [2.24, 2.45) is 11.8 Å². The van der Waals surface area contributed by atoms with Crippen LogP contribution in [0.3, 0.4) is 0 Å². The zero-order valence-electron chi connectivity index (χ0n) is 11.2. The molecule has 0 aliphatic carbocycles. The van der Waals surface area contributed by atoms with Crippen molar-refractivity contribution in [2.45, 2.75) is 53.0 Å². The number of hydrogen-bond donors (Lipinski definition) is 0. The highest BCUT2D eigenvalue weighted by Gasteiger charge is 2.39. The first-order valence-electron chi connectivity index (χ1n) is 6.46. The van der Waals surface area contributed by atoms with Crippen LogP contribution in [0, 0.1) is 11.8 Å². The minimum atomic E-state index is -0.475. The molecule has 0 radical (unpaired) electrons. The molecule has 0 saturated carbocycles. The summed E-state index contributed by atoms with van der Waals surface area (Å²) in [5, 5.41) is 0. The number of hydrogen-bond acceptors (Lipinski definition) is 3. The fourth-order valence-corrected chi connectivity index (χ4v) is 2.20. The van der Waals surface area contributed by atoms with E-state index in [2.05, 4.69) is 6.92 Å². The van der Waals surface area contributed by atoms with Gasteiger partial charge in [-0.25, -0.2) is 9.69 Å². The van der Waals surface area contributed by atoms with Crippen molar-refractivity contribution in [3.8, 4) is 0 Å². The second-order valence-corrected chi connectivity index (χ2v) is 5.25. The lowest BCUT2D eigenvalue weighted by Gasteiger charge is -2.23. The van der Waals surface area contributed by atoms with Gasteiger partial charge in [0.1, 0.15) is 6.61 Å². The van der Waals surface area contributed by atoms with Gasteiger partial charge in [0.05, 0.1) is 6.04 Å². The van der Waals surface area contributed by atoms with Crippen molar-refractivity contribution in [3.05, 3.63) is 0 Å². The van der Waals surface area contributed by atoms with Crippen LogP contribution in [0.5, 0.6) is 0 Å². The molecule has 1 saturated heterocycles. The molecule has 1 heterocycles. The summed E-state index contributed by atoms with van der Waals surface area (Å²) < 4.78 is 4.97. The van der Waals surface area contributed by atoms with Crippen LogP contribution in [0.2, 0.25) is 0 Å². The van der Waals surface area contributed by atoms with Gasteiger partial charge in [0.25, 0.3) is 0 Å². The van der Waals surface area contributed by atoms with Gasteiger partial charge in [0.2, 0.25) is 5.91 Å². The average molecular weight is 241 g/mol. The Hall–Kier alpha value is -1.06. The van der Waals surface area contributed by atoms with E-state index in [1.165, 1.54) is 4.90 Å². The SMILES string of the molecule is CCCC(C)CC(=O)N1C(=O)OC[C@H]1C(C)C. The predicted molar refractivity (Wildman–Crippen MR) is 65.5 cm³/mol. The maximum atomic E-state index is 12.1. The van der Waals surface area contributed by atoms with Gasteiger partial charge in [-0.15, -0.1) is 0 Å². The zero-order valence-corrected chi connectivity index (χ0v) is 11.2. The smallest absolute Gasteiger partial charge is 0.416 e. The number of nitrogens with zero attached hydrogens (tertiary/aromatic N) is 1. The molecule has 17 heavy (non-hydrogen) atoms. The van der Waals surface area contributed by atoms with Gasteiger partial charge in [0.15, 0.2) is 0 Å². The lowest BCUT2D eigenvalue weighted by Crippen LogP contribution is -2.42. The fourth-order valence-electron chi connectivity index (χ4n) is 2.20. The Morgan fingerprint density at radius 2 is 2.12 bits per heavy atom. The van der Waals surface area contributed by atoms with E-state index in [0.29, 0.717) is 18.9 Å². The quantitative estimate of drug-likeness (QED) is 0.743. The van der Waals surface area contributed by atoms with Crippen molar-refractivity contribution >= 4 is 12.0 Å². The van der Waals surface area contributed by atoms with E-state index in [9.17, 15) is 9.59 Å². The monoisotopic (exact) mass is 241 g/mol. The highest BCUT2D eigenvalue weighted by Crippen LogP contribution is 2.22. The minimum Gasteiger partial charge on any atom is -0.447 e. The molecule has 1 unspecified atom stereocenters. The second-order valence-electron chi connectivity index (χ2n) is 5.25. The van der Waals surface area contributed by atoms with E-state index in [-0.39, 0.29) is 17.9 Å². The van der Waals surface area contributed by atoms with Crippen LogP contribution in [0.15, 0.2) is 0 Å². The molecule has 1 rings (SSSR count). The fraction of sp³-hybridized carbons (Fsp3) is 0.846. The number of carbonyl (C=O) groups excluding carboxylic acids is 2. The molecule has 1 fully saturated rings. The van der Waals surface area contributed by atoms with Crippen molar-refractivity contribution < 1.29 is 14.3 Å². The molecule has 1 aliphatic heterocycles. The van der Waals surface area contributed by atoms with Crippen molar-refractivity contribution in [2.75, 3.05) is 6.61 Å². The maximum Gasteiger partial charge on any atom is 0.416 e. The summed E-state index contributed by atoms with van der Waals surface area (Å²) in [5.41, 5.74) is 0. The topological polar surface area (TPSA) is 46.6 Å². The first-order chi connectivity index (χ1) is 7.97. The highest BCUT2D eigenvalue weighted by molar-refractivity contribution is 5.93. The molecule has 2 atom stereocenters. The lowest BCUT2D eigenvalue weighted by atomic mass is 9.99. The Balaban J connectivity index is 2.62. The number of ether oxygens (including phenoxy) is 1. The standard InChI is InChI=1S/C13H23NO3/c1-5-6-10(4)7-12(15)14-11(9(2)3)8-17-13(14)16/h9-11H,5-8H2,1-4H3/t10?,11-/m0/s1. The van der Waals surface area contributed by atoms with E-state index < -0.39 is 6.09 Å². The first-order valence-corrected chi connectivity index (χ1v) is 6.46. The number of cyclic esters (lactones) is 1. The maximum absolute atomic E-state index is 12.1. The Labute approximate surface area is 103 Å². The third-order valence-corrected chi connectivity index (χ3v) is 3.25. The van der Waals surface area contributed by atoms with Gasteiger partial charge in [-0.05, 0) is 11.8 Å². The van der Waals surface area contributed by atoms with Crippen LogP contribution < -0.4 is 0 Å². The molecule has 0 bridgehead atoms. The molecule has 0 N–H and O–H groups in total. The lowest BCUT2D eigenvalue weighted by molar-refractivity contribution is -0.130. The summed E-state index contributed by atoms with van der Waals surface area (Å²) in [6.45, 7) is 8.49. The van der Waals surface area contributed by atoms with Crippen molar-refractivity contribution in [3.63, 3.8) is 0 Å². The van der Waals surface area contributed by atoms with E-state index in [1.807, 2.05) is 20.8 Å². The van der Waals surface area contributed by atoms with E-state index >= 15 is 0 Å². The van der Waals surface area contributed by atoms with Crippen molar-refractivity contribution in [1.29, 1.82) is 0 Å². The van der Waals surface area contributed by atoms with E-state index in [4.69, 9.17) is 4.74 Å². The second kappa shape index (κ2) is 6.03. The van der Waals surface area contributed by atoms with E-state index in [0.717, 1.165) is 12.8 Å². The van der Waals surface area contributed by atoms with Crippen LogP contribution in [0.25, 0.3) is 0 Å². The Bertz CT molecular complexity index is 288. The summed E-state index contributed by atoms with van der Waals surface area (Å²) in [5.74, 6) is 0.479. The Morgan fingerprint density at radius 3 is 2.65 bits per heavy atom. The summed E-state index contributed by atoms with van der Waals surface area (Å²) in [6.07, 6.45) is 2.04. The number of rotatable bonds is 5. The molecule has 0 aromatic heterocycles. The number of carbonyl (C=O) groups is 2. The average Bonchev–Trinajstić information content (AvgIpc) is 2.60. The molecular weight excluding hydrogens is 218 g/mol. The van der Waals surface area contributed by atoms with Gasteiger partial charge < -0.3 is 4.74 Å². The van der Waals surface area contributed by atoms with Gasteiger partial charge in [-0.1, -0.05) is 40.5 Å². The van der Waals surface area contributed by atoms with Crippen LogP contribution in [-0.2, 0) is 9.53 Å². The Kier molecular flexibility index (Phi) is 4.97. The largest absolute Gasteiger partial charge is 0.447 e. The van der Waals surface area contributed by atoms with Gasteiger partial charge in [-0.3, -0.25) is 4.79 Å². The molecule has 4 nitrogen and oxygen atoms in total. The number of imide groups is 1. The van der Waals surface area contributed by atoms with Gasteiger partial charge >= 0.3 is 6.09 Å². The third kappa shape index (κ3) is 3.45. The normalized spacial score (nSPS) is 21.8. The van der Waals surface area contributed by atoms with E-state index in [1.54, 1.807) is 0 Å². The number of amides is 2. The Morgan fingerprint density at radius 1 is 1.47 bits per heavy atom. The van der Waals surface area contributed by atoms with Crippen LogP contribution in [0.4, 0.5) is 4.79 Å². The predicted octanol–water partition coefficient (Wildman–Crippen LogP) is 2.82. The van der Waals surface area contributed by atoms with Crippen LogP contribution >= 0.6 is 0 Å². The van der Waals surface area contributed by atoms with Gasteiger partial charge in [-0.2, -0.15) is 0 Å². The van der Waals surface area contributed by atoms with Crippen LogP contribution in [-0.4, -0.2) is 29.5 Å². The summed E-state index contributed by atoms with van der Waals surface area (Å²) in [4.78, 5) is 25.0. The minimum absolute atomic E-state index is 0.0906. The molecule has 0 aromatic rings.